The van der Waals surface area contributed by atoms with Crippen LogP contribution >= 0.6 is 0 Å². The minimum atomic E-state index is -0.125. The Morgan fingerprint density at radius 1 is 0.848 bits per heavy atom. The largest absolute Gasteiger partial charge is 0.476 e. The molecular formula is C28H33N3O2. The number of nitrogens with zero attached hydrogens (tertiary/aromatic N) is 2. The summed E-state index contributed by atoms with van der Waals surface area (Å²) in [7, 11) is 0. The van der Waals surface area contributed by atoms with Gasteiger partial charge in [0.1, 0.15) is 25.3 Å². The number of hydrogen-bond donors (Lipinski definition) is 1. The van der Waals surface area contributed by atoms with Crippen molar-refractivity contribution in [2.75, 3.05) is 13.2 Å². The third-order valence-corrected chi connectivity index (χ3v) is 6.24. The number of nitrogens with one attached hydrogen (secondary N) is 1. The van der Waals surface area contributed by atoms with Crippen molar-refractivity contribution in [2.45, 2.75) is 64.5 Å². The highest BCUT2D eigenvalue weighted by atomic mass is 16.5. The zero-order valence-electron chi connectivity index (χ0n) is 20.4. The molecule has 0 amide bonds. The van der Waals surface area contributed by atoms with E-state index in [-0.39, 0.29) is 22.9 Å². The molecule has 2 heterocycles. The number of ether oxygens (including phenoxy) is 2. The second kappa shape index (κ2) is 8.59. The average molecular weight is 444 g/mol. The molecule has 0 aliphatic carbocycles. The first kappa shape index (κ1) is 22.9. The molecular weight excluding hydrogens is 410 g/mol. The molecule has 2 aliphatic heterocycles. The molecule has 2 atom stereocenters. The Hall–Kier alpha value is -3.26. The molecule has 1 saturated heterocycles. The summed E-state index contributed by atoms with van der Waals surface area (Å²) in [4.78, 5) is 4.70. The molecule has 172 valence electrons. The number of aliphatic imine (C=N–C) groups is 1. The Morgan fingerprint density at radius 2 is 1.39 bits per heavy atom. The van der Waals surface area contributed by atoms with Gasteiger partial charge in [-0.3, -0.25) is 0 Å². The first-order valence-corrected chi connectivity index (χ1v) is 11.5. The van der Waals surface area contributed by atoms with E-state index in [1.807, 2.05) is 0 Å². The molecule has 1 N–H and O–H groups in total. The normalized spacial score (nSPS) is 22.0. The second-order valence-corrected chi connectivity index (χ2v) is 10.8. The lowest BCUT2D eigenvalue weighted by Gasteiger charge is -2.19. The number of benzene rings is 2. The van der Waals surface area contributed by atoms with Crippen LogP contribution in [0.3, 0.4) is 0 Å². The van der Waals surface area contributed by atoms with E-state index in [0.717, 1.165) is 11.1 Å². The van der Waals surface area contributed by atoms with Gasteiger partial charge in [0.15, 0.2) is 5.57 Å². The molecule has 5 nitrogen and oxygen atoms in total. The maximum absolute atomic E-state index is 9.82. The van der Waals surface area contributed by atoms with E-state index in [4.69, 9.17) is 14.5 Å². The molecule has 0 radical (unpaired) electrons. The smallest absolute Gasteiger partial charge is 0.233 e. The Kier molecular flexibility index (Phi) is 5.97. The van der Waals surface area contributed by atoms with E-state index in [0.29, 0.717) is 30.6 Å². The zero-order valence-corrected chi connectivity index (χ0v) is 20.4. The lowest BCUT2D eigenvalue weighted by Crippen LogP contribution is -2.17. The Labute approximate surface area is 197 Å². The Bertz CT molecular complexity index is 1110. The van der Waals surface area contributed by atoms with E-state index in [2.05, 4.69) is 101 Å². The van der Waals surface area contributed by atoms with Crippen LogP contribution in [0.1, 0.15) is 75.9 Å². The fraction of sp³-hybridized carbons (Fsp3) is 0.429. The average Bonchev–Trinajstić information content (AvgIpc) is 3.44. The predicted octanol–water partition coefficient (Wildman–Crippen LogP) is 5.85. The third-order valence-electron chi connectivity index (χ3n) is 6.24. The first-order valence-electron chi connectivity index (χ1n) is 11.5. The zero-order chi connectivity index (χ0) is 23.8. The molecule has 0 unspecified atom stereocenters. The Morgan fingerprint density at radius 3 is 1.91 bits per heavy atom. The van der Waals surface area contributed by atoms with Crippen LogP contribution < -0.4 is 5.32 Å². The SMILES string of the molecule is CC(C)(C)c1ccc([C@H]2COC(/C(C#N)=C3/N[C@@H](c4ccc(C(C)(C)C)cc4)CO3)=N2)cc1. The monoisotopic (exact) mass is 443 g/mol. The standard InChI is InChI=1S/C28H33N3O2/c1-27(2,3)20-11-7-18(8-12-20)23-16-32-25(30-23)22(15-29)26-31-24(17-33-26)19-9-13-21(14-10-19)28(4,5)6/h7-14,23-24,30H,16-17H2,1-6H3/b25-22-/t23-,24-/m1/s1. The van der Waals surface area contributed by atoms with Gasteiger partial charge in [-0.25, -0.2) is 4.99 Å². The van der Waals surface area contributed by atoms with Crippen LogP contribution in [0.15, 0.2) is 65.0 Å². The molecule has 2 aromatic carbocycles. The minimum absolute atomic E-state index is 0.0138. The highest BCUT2D eigenvalue weighted by Gasteiger charge is 2.31. The fourth-order valence-corrected chi connectivity index (χ4v) is 4.03. The van der Waals surface area contributed by atoms with E-state index >= 15 is 0 Å². The van der Waals surface area contributed by atoms with E-state index in [1.54, 1.807) is 0 Å². The molecule has 2 aliphatic rings. The van der Waals surface area contributed by atoms with Crippen molar-refractivity contribution in [1.29, 1.82) is 5.26 Å². The van der Waals surface area contributed by atoms with Gasteiger partial charge in [0.25, 0.3) is 0 Å². The topological polar surface area (TPSA) is 66.6 Å². The van der Waals surface area contributed by atoms with Crippen LogP contribution in [0, 0.1) is 11.3 Å². The van der Waals surface area contributed by atoms with Gasteiger partial charge < -0.3 is 14.8 Å². The van der Waals surface area contributed by atoms with Crippen molar-refractivity contribution >= 4 is 5.90 Å². The lowest BCUT2D eigenvalue weighted by atomic mass is 9.86. The van der Waals surface area contributed by atoms with Crippen molar-refractivity contribution in [3.63, 3.8) is 0 Å². The van der Waals surface area contributed by atoms with Crippen LogP contribution in [0.5, 0.6) is 0 Å². The molecule has 0 spiro atoms. The van der Waals surface area contributed by atoms with E-state index in [9.17, 15) is 5.26 Å². The van der Waals surface area contributed by atoms with Gasteiger partial charge in [0.2, 0.25) is 11.8 Å². The summed E-state index contributed by atoms with van der Waals surface area (Å²) < 4.78 is 11.7. The fourth-order valence-electron chi connectivity index (χ4n) is 4.03. The van der Waals surface area contributed by atoms with Gasteiger partial charge in [-0.05, 0) is 33.1 Å². The third kappa shape index (κ3) is 4.90. The van der Waals surface area contributed by atoms with Crippen LogP contribution in [0.2, 0.25) is 0 Å². The lowest BCUT2D eigenvalue weighted by molar-refractivity contribution is 0.251. The summed E-state index contributed by atoms with van der Waals surface area (Å²) in [6, 6.07) is 19.1. The molecule has 4 rings (SSSR count). The minimum Gasteiger partial charge on any atom is -0.476 e. The summed E-state index contributed by atoms with van der Waals surface area (Å²) in [6.45, 7) is 14.1. The van der Waals surface area contributed by atoms with Crippen LogP contribution in [0.4, 0.5) is 0 Å². The summed E-state index contributed by atoms with van der Waals surface area (Å²) >= 11 is 0. The molecule has 5 heteroatoms. The van der Waals surface area contributed by atoms with Gasteiger partial charge >= 0.3 is 0 Å². The van der Waals surface area contributed by atoms with E-state index in [1.165, 1.54) is 11.1 Å². The Balaban J connectivity index is 1.50. The molecule has 0 bridgehead atoms. The second-order valence-electron chi connectivity index (χ2n) is 10.8. The van der Waals surface area contributed by atoms with E-state index < -0.39 is 0 Å². The van der Waals surface area contributed by atoms with Gasteiger partial charge in [-0.2, -0.15) is 5.26 Å². The summed E-state index contributed by atoms with van der Waals surface area (Å²) in [5.41, 5.74) is 5.30. The van der Waals surface area contributed by atoms with Crippen molar-refractivity contribution in [1.82, 2.24) is 5.32 Å². The van der Waals surface area contributed by atoms with Crippen LogP contribution in [-0.2, 0) is 20.3 Å². The molecule has 0 saturated carbocycles. The molecule has 1 fully saturated rings. The highest BCUT2D eigenvalue weighted by Crippen LogP contribution is 2.31. The van der Waals surface area contributed by atoms with Gasteiger partial charge in [-0.15, -0.1) is 0 Å². The van der Waals surface area contributed by atoms with Crippen LogP contribution in [-0.4, -0.2) is 19.1 Å². The number of rotatable bonds is 3. The summed E-state index contributed by atoms with van der Waals surface area (Å²) in [5, 5.41) is 13.2. The molecule has 0 aromatic heterocycles. The van der Waals surface area contributed by atoms with Crippen LogP contribution in [0.25, 0.3) is 0 Å². The first-order chi connectivity index (χ1) is 15.6. The number of nitriles is 1. The van der Waals surface area contributed by atoms with Gasteiger partial charge in [0.05, 0.1) is 6.04 Å². The predicted molar refractivity (Wildman–Crippen MR) is 131 cm³/mol. The summed E-state index contributed by atoms with van der Waals surface area (Å²) in [6.07, 6.45) is 0. The highest BCUT2D eigenvalue weighted by molar-refractivity contribution is 5.98. The maximum Gasteiger partial charge on any atom is 0.233 e. The molecule has 33 heavy (non-hydrogen) atoms. The van der Waals surface area contributed by atoms with Crippen molar-refractivity contribution < 1.29 is 9.47 Å². The molecule has 2 aromatic rings. The van der Waals surface area contributed by atoms with Crippen molar-refractivity contribution in [3.05, 3.63) is 82.2 Å². The van der Waals surface area contributed by atoms with Crippen molar-refractivity contribution in [2.24, 2.45) is 4.99 Å². The number of hydrogen-bond acceptors (Lipinski definition) is 5. The summed E-state index contributed by atoms with van der Waals surface area (Å²) in [5.74, 6) is 0.776. The van der Waals surface area contributed by atoms with Crippen molar-refractivity contribution in [3.8, 4) is 6.07 Å². The van der Waals surface area contributed by atoms with Gasteiger partial charge in [-0.1, -0.05) is 90.1 Å². The maximum atomic E-state index is 9.82. The quantitative estimate of drug-likeness (QED) is 0.605. The van der Waals surface area contributed by atoms with Gasteiger partial charge in [0, 0.05) is 0 Å².